The summed E-state index contributed by atoms with van der Waals surface area (Å²) in [5.41, 5.74) is 5.60. The van der Waals surface area contributed by atoms with Crippen LogP contribution in [0.25, 0.3) is 0 Å². The molecule has 150 valence electrons. The van der Waals surface area contributed by atoms with Crippen LogP contribution in [0, 0.1) is 0 Å². The molecule has 0 bridgehead atoms. The third kappa shape index (κ3) is 3.35. The second-order valence-corrected chi connectivity index (χ2v) is 9.46. The number of nitrogens with zero attached hydrogens (tertiary/aromatic N) is 3. The van der Waals surface area contributed by atoms with E-state index in [1.807, 2.05) is 36.4 Å². The van der Waals surface area contributed by atoms with Crippen LogP contribution in [0.2, 0.25) is 0 Å². The number of thioether (sulfide) groups is 1. The molecule has 1 spiro atoms. The van der Waals surface area contributed by atoms with Crippen LogP contribution in [0.3, 0.4) is 0 Å². The normalized spacial score (nSPS) is 21.7. The summed E-state index contributed by atoms with van der Waals surface area (Å²) in [6.07, 6.45) is 4.87. The van der Waals surface area contributed by atoms with Crippen molar-refractivity contribution in [2.45, 2.75) is 31.6 Å². The summed E-state index contributed by atoms with van der Waals surface area (Å²) in [5.74, 6) is 0.0993. The van der Waals surface area contributed by atoms with Crippen LogP contribution >= 0.6 is 11.8 Å². The first-order chi connectivity index (χ1) is 13.9. The molecular weight excluding hydrogens is 406 g/mol. The Hall–Kier alpha value is -2.29. The maximum absolute atomic E-state index is 12.0. The zero-order valence-electron chi connectivity index (χ0n) is 16.2. The summed E-state index contributed by atoms with van der Waals surface area (Å²) in [5, 5.41) is 8.20. The van der Waals surface area contributed by atoms with E-state index in [1.165, 1.54) is 11.8 Å². The van der Waals surface area contributed by atoms with E-state index in [1.54, 1.807) is 12.4 Å². The molecular formula is C21H21N3O3S2. The Morgan fingerprint density at radius 2 is 1.48 bits per heavy atom. The molecule has 4 rings (SSSR count). The van der Waals surface area contributed by atoms with Crippen LogP contribution in [0.4, 0.5) is 0 Å². The van der Waals surface area contributed by atoms with Crippen molar-refractivity contribution < 1.29 is 13.0 Å². The van der Waals surface area contributed by atoms with E-state index < -0.39 is 15.0 Å². The van der Waals surface area contributed by atoms with Crippen molar-refractivity contribution in [3.63, 3.8) is 0 Å². The Morgan fingerprint density at radius 1 is 0.966 bits per heavy atom. The highest BCUT2D eigenvalue weighted by Crippen LogP contribution is 2.52. The topological polar surface area (TPSA) is 91.5 Å². The van der Waals surface area contributed by atoms with Gasteiger partial charge in [0.25, 0.3) is 0 Å². The highest BCUT2D eigenvalue weighted by molar-refractivity contribution is 8.08. The van der Waals surface area contributed by atoms with Crippen LogP contribution in [0.1, 0.15) is 47.2 Å². The number of fused-ring (bicyclic) bond motifs is 4. The number of aliphatic imine (C=N–C) groups is 1. The Labute approximate surface area is 174 Å². The fourth-order valence-corrected chi connectivity index (χ4v) is 6.42. The van der Waals surface area contributed by atoms with Gasteiger partial charge in [0.05, 0.1) is 18.2 Å². The van der Waals surface area contributed by atoms with Crippen molar-refractivity contribution in [3.8, 4) is 0 Å². The monoisotopic (exact) mass is 427 g/mol. The largest absolute Gasteiger partial charge is 0.308 e. The third-order valence-corrected chi connectivity index (χ3v) is 7.60. The lowest BCUT2D eigenvalue weighted by Crippen LogP contribution is -2.26. The minimum atomic E-state index is -4.39. The summed E-state index contributed by atoms with van der Waals surface area (Å²) >= 11 is 1.41. The van der Waals surface area contributed by atoms with Crippen molar-refractivity contribution in [2.24, 2.45) is 15.2 Å². The Balaban J connectivity index is 2.19. The first-order valence-corrected chi connectivity index (χ1v) is 11.8. The predicted octanol–water partition coefficient (Wildman–Crippen LogP) is 3.81. The van der Waals surface area contributed by atoms with Crippen LogP contribution in [-0.4, -0.2) is 36.2 Å². The Bertz CT molecular complexity index is 1100. The van der Waals surface area contributed by atoms with E-state index in [9.17, 15) is 13.0 Å². The molecule has 0 saturated carbocycles. The molecule has 2 aromatic rings. The van der Waals surface area contributed by atoms with Gasteiger partial charge in [0, 0.05) is 22.3 Å². The number of hydrogen-bond acceptors (Lipinski definition) is 6. The highest BCUT2D eigenvalue weighted by Gasteiger charge is 2.46. The second-order valence-electron chi connectivity index (χ2n) is 6.87. The first kappa shape index (κ1) is 20.0. The molecule has 0 radical (unpaired) electrons. The van der Waals surface area contributed by atoms with Gasteiger partial charge in [0.2, 0.25) is 0 Å². The maximum Gasteiger partial charge on any atom is 0.308 e. The SMILES string of the molecule is CCc1cccc2c1C1(N=C(S(=O)(=O)O)CS1)c1c(cccc1CC)/C=N\N=C2. The molecule has 2 aliphatic heterocycles. The number of hydrogen-bond donors (Lipinski definition) is 1. The van der Waals surface area contributed by atoms with Gasteiger partial charge in [-0.15, -0.1) is 11.8 Å². The van der Waals surface area contributed by atoms with Crippen molar-refractivity contribution in [2.75, 3.05) is 5.75 Å². The van der Waals surface area contributed by atoms with E-state index in [2.05, 4.69) is 24.1 Å². The number of aryl methyl sites for hydroxylation is 2. The van der Waals surface area contributed by atoms with Crippen molar-refractivity contribution >= 4 is 39.4 Å². The molecule has 1 unspecified atom stereocenters. The van der Waals surface area contributed by atoms with Crippen molar-refractivity contribution in [1.82, 2.24) is 0 Å². The molecule has 29 heavy (non-hydrogen) atoms. The van der Waals surface area contributed by atoms with Crippen LogP contribution < -0.4 is 0 Å². The summed E-state index contributed by atoms with van der Waals surface area (Å²) in [6, 6.07) is 11.9. The average Bonchev–Trinajstić information content (AvgIpc) is 3.18. The molecule has 1 N–H and O–H groups in total. The molecule has 8 heteroatoms. The lowest BCUT2D eigenvalue weighted by molar-refractivity contribution is 0.497. The average molecular weight is 428 g/mol. The van der Waals surface area contributed by atoms with Gasteiger partial charge < -0.3 is 0 Å². The van der Waals surface area contributed by atoms with Gasteiger partial charge in [-0.2, -0.15) is 18.6 Å². The zero-order chi connectivity index (χ0) is 20.6. The van der Waals surface area contributed by atoms with Crippen LogP contribution in [0.15, 0.2) is 51.6 Å². The first-order valence-electron chi connectivity index (χ1n) is 9.42. The third-order valence-electron chi connectivity index (χ3n) is 5.25. The maximum atomic E-state index is 12.0. The van der Waals surface area contributed by atoms with Crippen LogP contribution in [-0.2, 0) is 27.8 Å². The Kier molecular flexibility index (Phi) is 5.18. The van der Waals surface area contributed by atoms with Gasteiger partial charge in [-0.05, 0) is 24.0 Å². The Morgan fingerprint density at radius 3 is 1.90 bits per heavy atom. The molecule has 1 atom stereocenters. The minimum Gasteiger partial charge on any atom is -0.281 e. The molecule has 0 aliphatic carbocycles. The van der Waals surface area contributed by atoms with Gasteiger partial charge in [0.15, 0.2) is 9.91 Å². The highest BCUT2D eigenvalue weighted by atomic mass is 32.2. The van der Waals surface area contributed by atoms with Gasteiger partial charge >= 0.3 is 10.1 Å². The van der Waals surface area contributed by atoms with Gasteiger partial charge in [-0.3, -0.25) is 4.55 Å². The van der Waals surface area contributed by atoms with E-state index in [-0.39, 0.29) is 10.8 Å². The van der Waals surface area contributed by atoms with E-state index >= 15 is 0 Å². The molecule has 0 amide bonds. The van der Waals surface area contributed by atoms with Gasteiger partial charge in [-0.1, -0.05) is 50.2 Å². The van der Waals surface area contributed by atoms with E-state index in [0.29, 0.717) is 0 Å². The molecule has 6 nitrogen and oxygen atoms in total. The lowest BCUT2D eigenvalue weighted by atomic mass is 9.84. The van der Waals surface area contributed by atoms with Crippen molar-refractivity contribution in [1.29, 1.82) is 0 Å². The zero-order valence-corrected chi connectivity index (χ0v) is 17.8. The lowest BCUT2D eigenvalue weighted by Gasteiger charge is -2.33. The number of rotatable bonds is 2. The standard InChI is InChI=1S/C21H21N3O3S2/c1-3-14-7-5-9-16-11-22-23-12-17-10-6-8-15(4-2)20(17)21(19(14)16)24-18(13-28-21)29(25,26)27/h5-12H,3-4,13H2,1-2H3,(H,25,26,27)/b22-11-,23-12?. The van der Waals surface area contributed by atoms with Crippen molar-refractivity contribution in [3.05, 3.63) is 69.8 Å². The summed E-state index contributed by atoms with van der Waals surface area (Å²) in [4.78, 5) is 3.71. The molecule has 0 aromatic heterocycles. The molecule has 0 fully saturated rings. The van der Waals surface area contributed by atoms with Gasteiger partial charge in [-0.25, -0.2) is 4.99 Å². The fourth-order valence-electron chi connectivity index (χ4n) is 3.98. The predicted molar refractivity (Wildman–Crippen MR) is 119 cm³/mol. The smallest absolute Gasteiger partial charge is 0.281 e. The summed E-state index contributed by atoms with van der Waals surface area (Å²) in [7, 11) is -4.39. The summed E-state index contributed by atoms with van der Waals surface area (Å²) < 4.78 is 33.7. The van der Waals surface area contributed by atoms with Crippen LogP contribution in [0.5, 0.6) is 0 Å². The van der Waals surface area contributed by atoms with E-state index in [4.69, 9.17) is 4.99 Å². The second kappa shape index (κ2) is 7.51. The minimum absolute atomic E-state index is 0.0993. The van der Waals surface area contributed by atoms with E-state index in [0.717, 1.165) is 46.2 Å². The quantitative estimate of drug-likeness (QED) is 0.738. The molecule has 2 heterocycles. The summed E-state index contributed by atoms with van der Waals surface area (Å²) in [6.45, 7) is 4.12. The molecule has 0 saturated heterocycles. The fraction of sp³-hybridized carbons (Fsp3) is 0.286. The molecule has 2 aromatic carbocycles. The number of benzene rings is 2. The van der Waals surface area contributed by atoms with Gasteiger partial charge in [0.1, 0.15) is 0 Å². The molecule has 2 aliphatic rings.